The highest BCUT2D eigenvalue weighted by Gasteiger charge is 2.10. The summed E-state index contributed by atoms with van der Waals surface area (Å²) in [4.78, 5) is 0. The third-order valence-corrected chi connectivity index (χ3v) is 3.34. The van der Waals surface area contributed by atoms with Gasteiger partial charge in [-0.1, -0.05) is 57.5 Å². The summed E-state index contributed by atoms with van der Waals surface area (Å²) in [5, 5.41) is 3.58. The molecule has 0 amide bonds. The molecule has 0 radical (unpaired) electrons. The molecule has 1 rings (SSSR count). The fraction of sp³-hybridized carbons (Fsp3) is 0.625. The molecule has 1 heteroatoms. The van der Waals surface area contributed by atoms with Crippen LogP contribution in [0.15, 0.2) is 30.3 Å². The molecular formula is C16H27N. The van der Waals surface area contributed by atoms with Gasteiger partial charge in [-0.05, 0) is 37.3 Å². The van der Waals surface area contributed by atoms with E-state index in [1.165, 1.54) is 31.2 Å². The Morgan fingerprint density at radius 2 is 1.76 bits per heavy atom. The summed E-state index contributed by atoms with van der Waals surface area (Å²) < 4.78 is 0. The minimum Gasteiger partial charge on any atom is -0.314 e. The summed E-state index contributed by atoms with van der Waals surface area (Å²) in [6.07, 6.45) is 5.15. The van der Waals surface area contributed by atoms with E-state index in [0.717, 1.165) is 12.5 Å². The van der Waals surface area contributed by atoms with Crippen molar-refractivity contribution in [2.24, 2.45) is 5.92 Å². The van der Waals surface area contributed by atoms with Crippen LogP contribution in [0.5, 0.6) is 0 Å². The van der Waals surface area contributed by atoms with Crippen LogP contribution >= 0.6 is 0 Å². The van der Waals surface area contributed by atoms with E-state index < -0.39 is 0 Å². The molecular weight excluding hydrogens is 206 g/mol. The van der Waals surface area contributed by atoms with Crippen molar-refractivity contribution < 1.29 is 0 Å². The average molecular weight is 233 g/mol. The van der Waals surface area contributed by atoms with Crippen LogP contribution in [0.2, 0.25) is 0 Å². The maximum atomic E-state index is 3.58. The molecule has 1 N–H and O–H groups in total. The molecule has 1 aromatic rings. The minimum absolute atomic E-state index is 0.691. The second kappa shape index (κ2) is 8.30. The molecule has 0 fully saturated rings. The van der Waals surface area contributed by atoms with Gasteiger partial charge in [0.15, 0.2) is 0 Å². The van der Waals surface area contributed by atoms with Gasteiger partial charge in [-0.2, -0.15) is 0 Å². The maximum absolute atomic E-state index is 3.58. The van der Waals surface area contributed by atoms with E-state index in [2.05, 4.69) is 56.4 Å². The number of hydrogen-bond acceptors (Lipinski definition) is 1. The summed E-state index contributed by atoms with van der Waals surface area (Å²) in [5.74, 6) is 0.742. The van der Waals surface area contributed by atoms with Gasteiger partial charge >= 0.3 is 0 Å². The van der Waals surface area contributed by atoms with Gasteiger partial charge in [-0.25, -0.2) is 0 Å². The summed E-state index contributed by atoms with van der Waals surface area (Å²) >= 11 is 0. The number of hydrogen-bond donors (Lipinski definition) is 1. The van der Waals surface area contributed by atoms with E-state index in [0.29, 0.717) is 6.04 Å². The van der Waals surface area contributed by atoms with Crippen molar-refractivity contribution in [1.82, 2.24) is 5.32 Å². The number of aryl methyl sites for hydroxylation is 1. The molecule has 0 saturated carbocycles. The van der Waals surface area contributed by atoms with Crippen LogP contribution in [0, 0.1) is 5.92 Å². The summed E-state index contributed by atoms with van der Waals surface area (Å²) in [6.45, 7) is 7.90. The Morgan fingerprint density at radius 1 is 1.06 bits per heavy atom. The van der Waals surface area contributed by atoms with Crippen molar-refractivity contribution in [1.29, 1.82) is 0 Å². The Morgan fingerprint density at radius 3 is 2.35 bits per heavy atom. The largest absolute Gasteiger partial charge is 0.314 e. The molecule has 0 aliphatic carbocycles. The zero-order valence-corrected chi connectivity index (χ0v) is 11.6. The highest BCUT2D eigenvalue weighted by molar-refractivity contribution is 5.14. The number of nitrogens with one attached hydrogen (secondary N) is 1. The van der Waals surface area contributed by atoms with E-state index in [-0.39, 0.29) is 0 Å². The second-order valence-electron chi connectivity index (χ2n) is 5.14. The monoisotopic (exact) mass is 233 g/mol. The van der Waals surface area contributed by atoms with Gasteiger partial charge < -0.3 is 5.32 Å². The standard InChI is InChI=1S/C16H27N/c1-4-17-16(14(2)3)13-9-8-12-15-10-6-5-7-11-15/h5-7,10-11,14,16-17H,4,8-9,12-13H2,1-3H3. The minimum atomic E-state index is 0.691. The zero-order valence-electron chi connectivity index (χ0n) is 11.6. The Kier molecular flexibility index (Phi) is 6.95. The van der Waals surface area contributed by atoms with E-state index in [1.54, 1.807) is 0 Å². The summed E-state index contributed by atoms with van der Waals surface area (Å²) in [5.41, 5.74) is 1.47. The molecule has 0 aliphatic rings. The summed E-state index contributed by atoms with van der Waals surface area (Å²) in [7, 11) is 0. The molecule has 0 saturated heterocycles. The van der Waals surface area contributed by atoms with Crippen molar-refractivity contribution in [3.8, 4) is 0 Å². The lowest BCUT2D eigenvalue weighted by Crippen LogP contribution is -2.33. The average Bonchev–Trinajstić information content (AvgIpc) is 2.34. The smallest absolute Gasteiger partial charge is 0.00899 e. The van der Waals surface area contributed by atoms with Gasteiger partial charge in [0.1, 0.15) is 0 Å². The lowest BCUT2D eigenvalue weighted by atomic mass is 9.97. The van der Waals surface area contributed by atoms with Crippen LogP contribution in [0.25, 0.3) is 0 Å². The molecule has 96 valence electrons. The molecule has 0 aliphatic heterocycles. The summed E-state index contributed by atoms with van der Waals surface area (Å²) in [6, 6.07) is 11.5. The topological polar surface area (TPSA) is 12.0 Å². The van der Waals surface area contributed by atoms with Gasteiger partial charge in [-0.3, -0.25) is 0 Å². The zero-order chi connectivity index (χ0) is 12.5. The lowest BCUT2D eigenvalue weighted by molar-refractivity contribution is 0.373. The first-order valence-electron chi connectivity index (χ1n) is 7.01. The predicted molar refractivity (Wildman–Crippen MR) is 76.3 cm³/mol. The van der Waals surface area contributed by atoms with Crippen LogP contribution in [0.4, 0.5) is 0 Å². The van der Waals surface area contributed by atoms with Crippen molar-refractivity contribution in [3.63, 3.8) is 0 Å². The molecule has 1 aromatic carbocycles. The fourth-order valence-corrected chi connectivity index (χ4v) is 2.27. The first-order valence-corrected chi connectivity index (χ1v) is 7.01. The first kappa shape index (κ1) is 14.2. The second-order valence-corrected chi connectivity index (χ2v) is 5.14. The van der Waals surface area contributed by atoms with Gasteiger partial charge in [0, 0.05) is 6.04 Å². The fourth-order valence-electron chi connectivity index (χ4n) is 2.27. The first-order chi connectivity index (χ1) is 8.24. The molecule has 0 bridgehead atoms. The predicted octanol–water partition coefficient (Wildman–Crippen LogP) is 4.03. The SMILES string of the molecule is CCNC(CCCCc1ccccc1)C(C)C. The van der Waals surface area contributed by atoms with Crippen LogP contribution in [0.3, 0.4) is 0 Å². The van der Waals surface area contributed by atoms with Crippen molar-refractivity contribution >= 4 is 0 Å². The maximum Gasteiger partial charge on any atom is 0.00899 e. The third-order valence-electron chi connectivity index (χ3n) is 3.34. The normalized spacial score (nSPS) is 12.9. The van der Waals surface area contributed by atoms with Crippen LogP contribution < -0.4 is 5.32 Å². The Balaban J connectivity index is 2.18. The van der Waals surface area contributed by atoms with Crippen LogP contribution in [0.1, 0.15) is 45.6 Å². The highest BCUT2D eigenvalue weighted by atomic mass is 14.9. The molecule has 17 heavy (non-hydrogen) atoms. The van der Waals surface area contributed by atoms with Crippen molar-refractivity contribution in [2.75, 3.05) is 6.54 Å². The van der Waals surface area contributed by atoms with Crippen molar-refractivity contribution in [2.45, 2.75) is 52.5 Å². The molecule has 0 spiro atoms. The molecule has 1 unspecified atom stereocenters. The molecule has 1 atom stereocenters. The Labute approximate surface area is 107 Å². The van der Waals surface area contributed by atoms with E-state index in [9.17, 15) is 0 Å². The van der Waals surface area contributed by atoms with Crippen molar-refractivity contribution in [3.05, 3.63) is 35.9 Å². The number of benzene rings is 1. The van der Waals surface area contributed by atoms with Gasteiger partial charge in [-0.15, -0.1) is 0 Å². The van der Waals surface area contributed by atoms with Crippen LogP contribution in [-0.2, 0) is 6.42 Å². The Hall–Kier alpha value is -0.820. The number of unbranched alkanes of at least 4 members (excludes halogenated alkanes) is 1. The highest BCUT2D eigenvalue weighted by Crippen LogP contribution is 2.12. The van der Waals surface area contributed by atoms with Gasteiger partial charge in [0.25, 0.3) is 0 Å². The van der Waals surface area contributed by atoms with Crippen LogP contribution in [-0.4, -0.2) is 12.6 Å². The van der Waals surface area contributed by atoms with E-state index in [1.807, 2.05) is 0 Å². The molecule has 1 nitrogen and oxygen atoms in total. The van der Waals surface area contributed by atoms with E-state index >= 15 is 0 Å². The third kappa shape index (κ3) is 5.88. The molecule has 0 aromatic heterocycles. The lowest BCUT2D eigenvalue weighted by Gasteiger charge is -2.21. The number of rotatable bonds is 8. The van der Waals surface area contributed by atoms with Gasteiger partial charge in [0.05, 0.1) is 0 Å². The quantitative estimate of drug-likeness (QED) is 0.668. The van der Waals surface area contributed by atoms with E-state index in [4.69, 9.17) is 0 Å². The molecule has 0 heterocycles. The van der Waals surface area contributed by atoms with Gasteiger partial charge in [0.2, 0.25) is 0 Å². The Bertz CT molecular complexity index is 279.